The van der Waals surface area contributed by atoms with Crippen LogP contribution in [0.25, 0.3) is 0 Å². The maximum absolute atomic E-state index is 11.5. The first-order valence-corrected chi connectivity index (χ1v) is 7.31. The highest BCUT2D eigenvalue weighted by molar-refractivity contribution is 5.72. The first kappa shape index (κ1) is 15.6. The Labute approximate surface area is 126 Å². The van der Waals surface area contributed by atoms with E-state index in [1.54, 1.807) is 0 Å². The van der Waals surface area contributed by atoms with Crippen molar-refractivity contribution >= 4 is 5.97 Å². The summed E-state index contributed by atoms with van der Waals surface area (Å²) in [5.41, 5.74) is 7.62. The molecule has 0 radical (unpaired) electrons. The molecule has 0 aliphatic carbocycles. The van der Waals surface area contributed by atoms with Crippen molar-refractivity contribution in [3.63, 3.8) is 0 Å². The van der Waals surface area contributed by atoms with Crippen LogP contribution in [0.5, 0.6) is 0 Å². The standard InChI is InChI=1S/C17H22N2O2/c1-21-17(20)16-8-11-19(12-9-16)13-15-6-4-14(5-7-15)3-2-10-18/h4-7,16H,8-13,18H2,1H3. The number of esters is 1. The van der Waals surface area contributed by atoms with E-state index in [1.807, 2.05) is 12.1 Å². The summed E-state index contributed by atoms with van der Waals surface area (Å²) in [6, 6.07) is 8.26. The number of carbonyl (C=O) groups excluding carboxylic acids is 1. The molecule has 1 aromatic carbocycles. The number of hydrogen-bond acceptors (Lipinski definition) is 4. The van der Waals surface area contributed by atoms with Gasteiger partial charge >= 0.3 is 5.97 Å². The third-order valence-electron chi connectivity index (χ3n) is 3.82. The zero-order valence-electron chi connectivity index (χ0n) is 12.5. The van der Waals surface area contributed by atoms with Gasteiger partial charge < -0.3 is 10.5 Å². The molecule has 0 amide bonds. The van der Waals surface area contributed by atoms with E-state index in [1.165, 1.54) is 12.7 Å². The predicted molar refractivity (Wildman–Crippen MR) is 82.4 cm³/mol. The lowest BCUT2D eigenvalue weighted by Crippen LogP contribution is -2.36. The molecular formula is C17H22N2O2. The van der Waals surface area contributed by atoms with Crippen molar-refractivity contribution in [1.82, 2.24) is 4.90 Å². The van der Waals surface area contributed by atoms with Gasteiger partial charge in [-0.05, 0) is 43.6 Å². The van der Waals surface area contributed by atoms with E-state index in [0.29, 0.717) is 6.54 Å². The Morgan fingerprint density at radius 3 is 2.57 bits per heavy atom. The Hall–Kier alpha value is -1.83. The second kappa shape index (κ2) is 7.82. The van der Waals surface area contributed by atoms with E-state index in [0.717, 1.165) is 38.0 Å². The fourth-order valence-corrected chi connectivity index (χ4v) is 2.60. The normalized spacial score (nSPS) is 16.1. The molecule has 4 nitrogen and oxygen atoms in total. The fourth-order valence-electron chi connectivity index (χ4n) is 2.60. The van der Waals surface area contributed by atoms with Gasteiger partial charge in [-0.2, -0.15) is 0 Å². The Morgan fingerprint density at radius 1 is 1.33 bits per heavy atom. The zero-order chi connectivity index (χ0) is 15.1. The largest absolute Gasteiger partial charge is 0.469 e. The van der Waals surface area contributed by atoms with Crippen molar-refractivity contribution in [3.05, 3.63) is 35.4 Å². The molecule has 2 N–H and O–H groups in total. The van der Waals surface area contributed by atoms with Crippen LogP contribution in [-0.2, 0) is 16.1 Å². The van der Waals surface area contributed by atoms with Crippen LogP contribution in [0.4, 0.5) is 0 Å². The van der Waals surface area contributed by atoms with Crippen LogP contribution in [0.1, 0.15) is 24.0 Å². The summed E-state index contributed by atoms with van der Waals surface area (Å²) in [6.07, 6.45) is 1.76. The Balaban J connectivity index is 1.84. The molecule has 0 unspecified atom stereocenters. The van der Waals surface area contributed by atoms with E-state index >= 15 is 0 Å². The molecule has 0 spiro atoms. The van der Waals surface area contributed by atoms with Crippen LogP contribution in [0, 0.1) is 17.8 Å². The second-order valence-electron chi connectivity index (χ2n) is 5.28. The minimum Gasteiger partial charge on any atom is -0.469 e. The highest BCUT2D eigenvalue weighted by Gasteiger charge is 2.25. The molecule has 112 valence electrons. The number of nitrogens with two attached hydrogens (primary N) is 1. The van der Waals surface area contributed by atoms with E-state index in [4.69, 9.17) is 10.5 Å². The van der Waals surface area contributed by atoms with Gasteiger partial charge in [-0.15, -0.1) is 0 Å². The minimum absolute atomic E-state index is 0.0696. The molecular weight excluding hydrogens is 264 g/mol. The first-order chi connectivity index (χ1) is 10.2. The van der Waals surface area contributed by atoms with Gasteiger partial charge in [0.2, 0.25) is 0 Å². The summed E-state index contributed by atoms with van der Waals surface area (Å²) in [4.78, 5) is 13.9. The lowest BCUT2D eigenvalue weighted by Gasteiger charge is -2.30. The van der Waals surface area contributed by atoms with Gasteiger partial charge in [0.15, 0.2) is 0 Å². The summed E-state index contributed by atoms with van der Waals surface area (Å²) in [6.45, 7) is 3.18. The van der Waals surface area contributed by atoms with Crippen LogP contribution in [0.15, 0.2) is 24.3 Å². The molecule has 4 heteroatoms. The van der Waals surface area contributed by atoms with Crippen molar-refractivity contribution in [1.29, 1.82) is 0 Å². The topological polar surface area (TPSA) is 55.6 Å². The molecule has 1 aliphatic rings. The molecule has 1 aromatic rings. The SMILES string of the molecule is COC(=O)C1CCN(Cc2ccc(C#CCN)cc2)CC1. The molecule has 1 heterocycles. The lowest BCUT2D eigenvalue weighted by molar-refractivity contribution is -0.147. The third-order valence-corrected chi connectivity index (χ3v) is 3.82. The van der Waals surface area contributed by atoms with Gasteiger partial charge in [-0.1, -0.05) is 24.0 Å². The average Bonchev–Trinajstić information content (AvgIpc) is 2.54. The second-order valence-corrected chi connectivity index (χ2v) is 5.28. The number of piperidine rings is 1. The van der Waals surface area contributed by atoms with E-state index < -0.39 is 0 Å². The average molecular weight is 286 g/mol. The number of likely N-dealkylation sites (tertiary alicyclic amines) is 1. The van der Waals surface area contributed by atoms with Crippen molar-refractivity contribution in [2.45, 2.75) is 19.4 Å². The van der Waals surface area contributed by atoms with Crippen molar-refractivity contribution in [2.75, 3.05) is 26.7 Å². The van der Waals surface area contributed by atoms with Crippen molar-refractivity contribution in [3.8, 4) is 11.8 Å². The monoisotopic (exact) mass is 286 g/mol. The van der Waals surface area contributed by atoms with E-state index in [-0.39, 0.29) is 11.9 Å². The summed E-state index contributed by atoms with van der Waals surface area (Å²) < 4.78 is 4.81. The zero-order valence-corrected chi connectivity index (χ0v) is 12.5. The van der Waals surface area contributed by atoms with Crippen LogP contribution in [0.3, 0.4) is 0 Å². The molecule has 0 aromatic heterocycles. The first-order valence-electron chi connectivity index (χ1n) is 7.31. The smallest absolute Gasteiger partial charge is 0.308 e. The van der Waals surface area contributed by atoms with Gasteiger partial charge in [0.05, 0.1) is 19.6 Å². The molecule has 21 heavy (non-hydrogen) atoms. The maximum Gasteiger partial charge on any atom is 0.308 e. The minimum atomic E-state index is -0.0718. The summed E-state index contributed by atoms with van der Waals surface area (Å²) in [5, 5.41) is 0. The van der Waals surface area contributed by atoms with Crippen LogP contribution in [-0.4, -0.2) is 37.6 Å². The number of hydrogen-bond donors (Lipinski definition) is 1. The summed E-state index contributed by atoms with van der Waals surface area (Å²) >= 11 is 0. The van der Waals surface area contributed by atoms with Gasteiger partial charge in [-0.25, -0.2) is 0 Å². The molecule has 0 atom stereocenters. The van der Waals surface area contributed by atoms with E-state index in [9.17, 15) is 4.79 Å². The van der Waals surface area contributed by atoms with Gasteiger partial charge in [0.25, 0.3) is 0 Å². The Kier molecular flexibility index (Phi) is 5.79. The molecule has 0 bridgehead atoms. The molecule has 1 aliphatic heterocycles. The number of nitrogens with zero attached hydrogens (tertiary/aromatic N) is 1. The quantitative estimate of drug-likeness (QED) is 0.674. The molecule has 1 saturated heterocycles. The maximum atomic E-state index is 11.5. The molecule has 0 saturated carbocycles. The highest BCUT2D eigenvalue weighted by atomic mass is 16.5. The number of rotatable bonds is 3. The fraction of sp³-hybridized carbons (Fsp3) is 0.471. The van der Waals surface area contributed by atoms with Crippen LogP contribution < -0.4 is 5.73 Å². The Bertz CT molecular complexity index is 520. The van der Waals surface area contributed by atoms with Crippen LogP contribution >= 0.6 is 0 Å². The van der Waals surface area contributed by atoms with Gasteiger partial charge in [0, 0.05) is 12.1 Å². The summed E-state index contributed by atoms with van der Waals surface area (Å²) in [7, 11) is 1.46. The van der Waals surface area contributed by atoms with Gasteiger partial charge in [0.1, 0.15) is 0 Å². The van der Waals surface area contributed by atoms with Crippen molar-refractivity contribution in [2.24, 2.45) is 11.7 Å². The number of ether oxygens (including phenoxy) is 1. The van der Waals surface area contributed by atoms with E-state index in [2.05, 4.69) is 28.9 Å². The number of carbonyl (C=O) groups is 1. The molecule has 1 fully saturated rings. The van der Waals surface area contributed by atoms with Gasteiger partial charge in [-0.3, -0.25) is 9.69 Å². The van der Waals surface area contributed by atoms with Crippen LogP contribution in [0.2, 0.25) is 0 Å². The predicted octanol–water partition coefficient (Wildman–Crippen LogP) is 1.38. The van der Waals surface area contributed by atoms with Crippen molar-refractivity contribution < 1.29 is 9.53 Å². The number of methoxy groups -OCH3 is 1. The lowest BCUT2D eigenvalue weighted by atomic mass is 9.96. The molecule has 2 rings (SSSR count). The Morgan fingerprint density at radius 2 is 2.00 bits per heavy atom. The number of benzene rings is 1. The summed E-state index contributed by atoms with van der Waals surface area (Å²) in [5.74, 6) is 5.87. The third kappa shape index (κ3) is 4.59. The highest BCUT2D eigenvalue weighted by Crippen LogP contribution is 2.20.